The second-order valence-corrected chi connectivity index (χ2v) is 4.94. The van der Waals surface area contributed by atoms with Gasteiger partial charge in [-0.2, -0.15) is 0 Å². The Balaban J connectivity index is 1.88. The van der Waals surface area contributed by atoms with Crippen LogP contribution in [0.2, 0.25) is 0 Å². The van der Waals surface area contributed by atoms with E-state index in [0.29, 0.717) is 12.4 Å². The number of hydrogen-bond acceptors (Lipinski definition) is 5. The third-order valence-corrected chi connectivity index (χ3v) is 3.66. The molecule has 5 heteroatoms. The summed E-state index contributed by atoms with van der Waals surface area (Å²) in [6.07, 6.45) is 5.77. The fourth-order valence-corrected chi connectivity index (χ4v) is 2.73. The zero-order chi connectivity index (χ0) is 13.8. The highest BCUT2D eigenvalue weighted by Gasteiger charge is 2.26. The van der Waals surface area contributed by atoms with Gasteiger partial charge in [-0.25, -0.2) is 9.97 Å². The molecule has 2 aromatic rings. The van der Waals surface area contributed by atoms with E-state index in [9.17, 15) is 0 Å². The second-order valence-electron chi connectivity index (χ2n) is 4.94. The first-order valence-corrected chi connectivity index (χ1v) is 6.98. The Morgan fingerprint density at radius 1 is 1.20 bits per heavy atom. The van der Waals surface area contributed by atoms with E-state index in [0.717, 1.165) is 30.8 Å². The molecule has 0 unspecified atom stereocenters. The van der Waals surface area contributed by atoms with Gasteiger partial charge in [0.15, 0.2) is 5.82 Å². The Labute approximate surface area is 118 Å². The second kappa shape index (κ2) is 6.07. The average molecular weight is 270 g/mol. The Bertz CT molecular complexity index is 561. The van der Waals surface area contributed by atoms with Crippen molar-refractivity contribution in [2.24, 2.45) is 0 Å². The minimum absolute atomic E-state index is 0.189. The first-order valence-electron chi connectivity index (χ1n) is 6.98. The maximum Gasteiger partial charge on any atom is 0.178 e. The van der Waals surface area contributed by atoms with E-state index in [1.807, 2.05) is 24.3 Å². The highest BCUT2D eigenvalue weighted by Crippen LogP contribution is 2.30. The first-order chi connectivity index (χ1) is 9.88. The van der Waals surface area contributed by atoms with Crippen molar-refractivity contribution >= 4 is 0 Å². The van der Waals surface area contributed by atoms with Gasteiger partial charge in [-0.15, -0.1) is 0 Å². The Morgan fingerprint density at radius 3 is 2.95 bits per heavy atom. The molecule has 0 amide bonds. The monoisotopic (exact) mass is 270 g/mol. The summed E-state index contributed by atoms with van der Waals surface area (Å²) in [5, 5.41) is 9.14. The van der Waals surface area contributed by atoms with Crippen LogP contribution in [0.4, 0.5) is 0 Å². The molecule has 1 saturated heterocycles. The zero-order valence-electron chi connectivity index (χ0n) is 11.3. The summed E-state index contributed by atoms with van der Waals surface area (Å²) in [5.41, 5.74) is 1.81. The van der Waals surface area contributed by atoms with Crippen molar-refractivity contribution in [2.45, 2.75) is 18.9 Å². The van der Waals surface area contributed by atoms with Crippen molar-refractivity contribution in [1.29, 1.82) is 0 Å². The molecule has 0 bridgehead atoms. The number of aromatic nitrogens is 3. The highest BCUT2D eigenvalue weighted by atomic mass is 16.3. The largest absolute Gasteiger partial charge is 0.395 e. The molecular weight excluding hydrogens is 252 g/mol. The average Bonchev–Trinajstić information content (AvgIpc) is 2.97. The van der Waals surface area contributed by atoms with Crippen molar-refractivity contribution < 1.29 is 5.11 Å². The molecular formula is C15H18N4O. The number of aliphatic hydroxyl groups is 1. The highest BCUT2D eigenvalue weighted by molar-refractivity contribution is 5.48. The van der Waals surface area contributed by atoms with E-state index >= 15 is 0 Å². The van der Waals surface area contributed by atoms with E-state index in [1.54, 1.807) is 12.4 Å². The van der Waals surface area contributed by atoms with Crippen LogP contribution in [0, 0.1) is 0 Å². The SMILES string of the molecule is OCCN1CCC[C@@H]1c1ccnc(-c2ccccn2)n1. The number of hydrogen-bond donors (Lipinski definition) is 1. The molecule has 2 aromatic heterocycles. The summed E-state index contributed by atoms with van der Waals surface area (Å²) in [5.74, 6) is 0.666. The van der Waals surface area contributed by atoms with E-state index in [1.165, 1.54) is 0 Å². The van der Waals surface area contributed by atoms with Crippen LogP contribution in [-0.2, 0) is 0 Å². The third kappa shape index (κ3) is 2.69. The number of likely N-dealkylation sites (tertiary alicyclic amines) is 1. The first kappa shape index (κ1) is 13.1. The molecule has 1 aliphatic heterocycles. The molecule has 104 valence electrons. The summed E-state index contributed by atoms with van der Waals surface area (Å²) >= 11 is 0. The van der Waals surface area contributed by atoms with Gasteiger partial charge in [-0.05, 0) is 37.6 Å². The van der Waals surface area contributed by atoms with Gasteiger partial charge in [0, 0.05) is 18.9 Å². The normalized spacial score (nSPS) is 19.4. The van der Waals surface area contributed by atoms with E-state index in [-0.39, 0.29) is 12.6 Å². The Kier molecular flexibility index (Phi) is 3.99. The lowest BCUT2D eigenvalue weighted by molar-refractivity contribution is 0.183. The van der Waals surface area contributed by atoms with Crippen LogP contribution in [0.1, 0.15) is 24.6 Å². The Hall–Kier alpha value is -1.85. The van der Waals surface area contributed by atoms with Gasteiger partial charge < -0.3 is 5.11 Å². The van der Waals surface area contributed by atoms with Crippen molar-refractivity contribution in [3.63, 3.8) is 0 Å². The zero-order valence-corrected chi connectivity index (χ0v) is 11.3. The molecule has 20 heavy (non-hydrogen) atoms. The maximum atomic E-state index is 9.14. The van der Waals surface area contributed by atoms with Gasteiger partial charge in [0.2, 0.25) is 0 Å². The summed E-state index contributed by atoms with van der Waals surface area (Å²) in [4.78, 5) is 15.5. The Morgan fingerprint density at radius 2 is 2.15 bits per heavy atom. The number of aliphatic hydroxyl groups excluding tert-OH is 1. The smallest absolute Gasteiger partial charge is 0.178 e. The summed E-state index contributed by atoms with van der Waals surface area (Å²) in [6, 6.07) is 7.98. The molecule has 3 heterocycles. The van der Waals surface area contributed by atoms with Crippen molar-refractivity contribution in [1.82, 2.24) is 19.9 Å². The fourth-order valence-electron chi connectivity index (χ4n) is 2.73. The standard InChI is InChI=1S/C15H18N4O/c20-11-10-19-9-3-5-14(19)12-6-8-17-15(18-12)13-4-1-2-7-16-13/h1-2,4,6-8,14,20H,3,5,9-11H2/t14-/m1/s1. The third-order valence-electron chi connectivity index (χ3n) is 3.66. The summed E-state index contributed by atoms with van der Waals surface area (Å²) in [7, 11) is 0. The van der Waals surface area contributed by atoms with Gasteiger partial charge in [-0.1, -0.05) is 6.07 Å². The van der Waals surface area contributed by atoms with E-state index in [4.69, 9.17) is 5.11 Å². The summed E-state index contributed by atoms with van der Waals surface area (Å²) < 4.78 is 0. The minimum atomic E-state index is 0.189. The molecule has 1 atom stereocenters. The number of β-amino-alcohol motifs (C(OH)–C–C–N with tert-alkyl or cyclic N) is 1. The molecule has 1 N–H and O–H groups in total. The van der Waals surface area contributed by atoms with Gasteiger partial charge in [-0.3, -0.25) is 9.88 Å². The molecule has 0 saturated carbocycles. The van der Waals surface area contributed by atoms with Crippen LogP contribution in [0.5, 0.6) is 0 Å². The number of rotatable bonds is 4. The predicted octanol–water partition coefficient (Wildman–Crippen LogP) is 1.67. The minimum Gasteiger partial charge on any atom is -0.395 e. The van der Waals surface area contributed by atoms with Gasteiger partial charge in [0.05, 0.1) is 18.3 Å². The molecule has 0 aromatic carbocycles. The lowest BCUT2D eigenvalue weighted by atomic mass is 10.1. The summed E-state index contributed by atoms with van der Waals surface area (Å²) in [6.45, 7) is 1.91. The lowest BCUT2D eigenvalue weighted by Crippen LogP contribution is -2.27. The topological polar surface area (TPSA) is 62.1 Å². The number of nitrogens with zero attached hydrogens (tertiary/aromatic N) is 4. The van der Waals surface area contributed by atoms with E-state index < -0.39 is 0 Å². The van der Waals surface area contributed by atoms with Crippen LogP contribution >= 0.6 is 0 Å². The molecule has 1 aliphatic rings. The van der Waals surface area contributed by atoms with Gasteiger partial charge in [0.1, 0.15) is 5.69 Å². The van der Waals surface area contributed by atoms with E-state index in [2.05, 4.69) is 19.9 Å². The van der Waals surface area contributed by atoms with Crippen LogP contribution in [0.3, 0.4) is 0 Å². The molecule has 0 spiro atoms. The van der Waals surface area contributed by atoms with Gasteiger partial charge in [0.25, 0.3) is 0 Å². The molecule has 3 rings (SSSR count). The number of pyridine rings is 1. The quantitative estimate of drug-likeness (QED) is 0.915. The van der Waals surface area contributed by atoms with Crippen molar-refractivity contribution in [3.8, 4) is 11.5 Å². The van der Waals surface area contributed by atoms with Gasteiger partial charge >= 0.3 is 0 Å². The fraction of sp³-hybridized carbons (Fsp3) is 0.400. The molecule has 5 nitrogen and oxygen atoms in total. The maximum absolute atomic E-state index is 9.14. The van der Waals surface area contributed by atoms with Crippen molar-refractivity contribution in [3.05, 3.63) is 42.4 Å². The van der Waals surface area contributed by atoms with Crippen LogP contribution in [0.25, 0.3) is 11.5 Å². The van der Waals surface area contributed by atoms with Crippen LogP contribution in [-0.4, -0.2) is 44.7 Å². The van der Waals surface area contributed by atoms with Crippen LogP contribution in [0.15, 0.2) is 36.7 Å². The van der Waals surface area contributed by atoms with Crippen molar-refractivity contribution in [2.75, 3.05) is 19.7 Å². The molecule has 1 fully saturated rings. The van der Waals surface area contributed by atoms with Crippen LogP contribution < -0.4 is 0 Å². The molecule has 0 radical (unpaired) electrons. The predicted molar refractivity (Wildman–Crippen MR) is 75.9 cm³/mol. The lowest BCUT2D eigenvalue weighted by Gasteiger charge is -2.23. The molecule has 0 aliphatic carbocycles.